The van der Waals surface area contributed by atoms with Gasteiger partial charge in [0.2, 0.25) is 0 Å². The number of hydrogen-bond acceptors (Lipinski definition) is 8. The van der Waals surface area contributed by atoms with Crippen molar-refractivity contribution in [2.24, 2.45) is 7.05 Å². The standard InChI is InChI=1S/C33H31N3O6S/c1-6-25(30(37)35-33-34-24(18-43-33)21-15-16-26(40-4)27(17-21)41-5)42-32(39)29-28(20-13-11-19(2)12-14-20)22-9-7-8-10-23(22)31(38)36(29)3/h7-18,25H,6H2,1-5H3,(H,34,35,37). The normalized spacial score (nSPS) is 11.7. The van der Waals surface area contributed by atoms with Crippen molar-refractivity contribution in [1.29, 1.82) is 0 Å². The summed E-state index contributed by atoms with van der Waals surface area (Å²) in [5, 5.41) is 6.04. The van der Waals surface area contributed by atoms with Gasteiger partial charge in [0.25, 0.3) is 11.5 Å². The SMILES string of the molecule is CCC(OC(=O)c1c(-c2ccc(C)cc2)c2ccccc2c(=O)n1C)C(=O)Nc1nc(-c2ccc(OC)c(OC)c2)cs1. The number of hydrogen-bond donors (Lipinski definition) is 1. The number of esters is 1. The first-order chi connectivity index (χ1) is 20.7. The molecule has 5 aromatic rings. The molecule has 2 heterocycles. The van der Waals surface area contributed by atoms with Gasteiger partial charge in [-0.2, -0.15) is 0 Å². The molecule has 1 N–H and O–H groups in total. The molecule has 43 heavy (non-hydrogen) atoms. The first-order valence-corrected chi connectivity index (χ1v) is 14.5. The van der Waals surface area contributed by atoms with Crippen LogP contribution in [0.2, 0.25) is 0 Å². The summed E-state index contributed by atoms with van der Waals surface area (Å²) >= 11 is 1.24. The van der Waals surface area contributed by atoms with Crippen LogP contribution in [-0.4, -0.2) is 41.8 Å². The summed E-state index contributed by atoms with van der Waals surface area (Å²) < 4.78 is 17.7. The Bertz CT molecular complexity index is 1880. The van der Waals surface area contributed by atoms with Crippen molar-refractivity contribution in [3.63, 3.8) is 0 Å². The molecular formula is C33H31N3O6S. The number of aromatic nitrogens is 2. The van der Waals surface area contributed by atoms with E-state index in [1.54, 1.807) is 45.4 Å². The van der Waals surface area contributed by atoms with Crippen LogP contribution in [0.5, 0.6) is 11.5 Å². The molecule has 0 saturated carbocycles. The number of nitrogens with zero attached hydrogens (tertiary/aromatic N) is 2. The van der Waals surface area contributed by atoms with Gasteiger partial charge in [-0.15, -0.1) is 11.3 Å². The van der Waals surface area contributed by atoms with E-state index in [-0.39, 0.29) is 17.7 Å². The van der Waals surface area contributed by atoms with Crippen molar-refractivity contribution in [3.8, 4) is 33.9 Å². The smallest absolute Gasteiger partial charge is 0.356 e. The highest BCUT2D eigenvalue weighted by Crippen LogP contribution is 2.34. The number of amides is 1. The summed E-state index contributed by atoms with van der Waals surface area (Å²) in [4.78, 5) is 44.8. The minimum absolute atomic E-state index is 0.0730. The van der Waals surface area contributed by atoms with E-state index < -0.39 is 18.0 Å². The van der Waals surface area contributed by atoms with Gasteiger partial charge in [0, 0.05) is 28.9 Å². The number of pyridine rings is 1. The number of ether oxygens (including phenoxy) is 3. The maximum absolute atomic E-state index is 13.8. The zero-order valence-corrected chi connectivity index (χ0v) is 25.3. The molecule has 0 spiro atoms. The maximum atomic E-state index is 13.8. The van der Waals surface area contributed by atoms with Gasteiger partial charge in [-0.25, -0.2) is 9.78 Å². The number of anilines is 1. The van der Waals surface area contributed by atoms with E-state index in [9.17, 15) is 14.4 Å². The quantitative estimate of drug-likeness (QED) is 0.201. The van der Waals surface area contributed by atoms with Gasteiger partial charge in [-0.05, 0) is 48.6 Å². The van der Waals surface area contributed by atoms with E-state index in [0.29, 0.717) is 38.7 Å². The summed E-state index contributed by atoms with van der Waals surface area (Å²) in [5.41, 5.74) is 3.55. The Morgan fingerprint density at radius 1 is 0.953 bits per heavy atom. The lowest BCUT2D eigenvalue weighted by atomic mass is 9.96. The number of aryl methyl sites for hydroxylation is 1. The van der Waals surface area contributed by atoms with Crippen molar-refractivity contribution < 1.29 is 23.8 Å². The molecule has 1 atom stereocenters. The van der Waals surface area contributed by atoms with E-state index in [1.165, 1.54) is 23.0 Å². The number of thiazole rings is 1. The Morgan fingerprint density at radius 2 is 1.63 bits per heavy atom. The predicted molar refractivity (Wildman–Crippen MR) is 168 cm³/mol. The molecule has 9 nitrogen and oxygen atoms in total. The zero-order chi connectivity index (χ0) is 30.7. The van der Waals surface area contributed by atoms with Gasteiger partial charge in [-0.1, -0.05) is 55.0 Å². The molecule has 0 aliphatic carbocycles. The van der Waals surface area contributed by atoms with Gasteiger partial charge < -0.3 is 18.8 Å². The molecule has 0 bridgehead atoms. The van der Waals surface area contributed by atoms with Crippen LogP contribution in [-0.2, 0) is 16.6 Å². The molecule has 0 aliphatic rings. The Hall–Kier alpha value is -4.96. The second-order valence-electron chi connectivity index (χ2n) is 9.90. The van der Waals surface area contributed by atoms with Crippen molar-refractivity contribution in [2.45, 2.75) is 26.4 Å². The molecule has 1 unspecified atom stereocenters. The fourth-order valence-electron chi connectivity index (χ4n) is 4.87. The maximum Gasteiger partial charge on any atom is 0.356 e. The van der Waals surface area contributed by atoms with E-state index in [2.05, 4.69) is 10.3 Å². The molecule has 220 valence electrons. The summed E-state index contributed by atoms with van der Waals surface area (Å²) in [6, 6.07) is 20.3. The Balaban J connectivity index is 1.42. The van der Waals surface area contributed by atoms with Crippen molar-refractivity contribution >= 4 is 39.1 Å². The lowest BCUT2D eigenvalue weighted by Gasteiger charge is -2.20. The molecule has 0 saturated heterocycles. The Labute approximate surface area is 252 Å². The minimum Gasteiger partial charge on any atom is -0.493 e. The summed E-state index contributed by atoms with van der Waals surface area (Å²) in [5.74, 6) is -0.137. The molecule has 3 aromatic carbocycles. The molecule has 0 fully saturated rings. The summed E-state index contributed by atoms with van der Waals surface area (Å²) in [7, 11) is 4.66. The average Bonchev–Trinajstić information content (AvgIpc) is 3.49. The number of rotatable bonds is 9. The van der Waals surface area contributed by atoms with Gasteiger partial charge in [0.05, 0.1) is 19.9 Å². The van der Waals surface area contributed by atoms with E-state index in [1.807, 2.05) is 54.8 Å². The molecule has 0 aliphatic heterocycles. The first-order valence-electron chi connectivity index (χ1n) is 13.6. The third-order valence-corrected chi connectivity index (χ3v) is 7.92. The molecule has 10 heteroatoms. The predicted octanol–water partition coefficient (Wildman–Crippen LogP) is 6.23. The number of methoxy groups -OCH3 is 2. The van der Waals surface area contributed by atoms with E-state index in [0.717, 1.165) is 16.7 Å². The second kappa shape index (κ2) is 12.5. The fraction of sp³-hybridized carbons (Fsp3) is 0.212. The van der Waals surface area contributed by atoms with Crippen molar-refractivity contribution in [2.75, 3.05) is 19.5 Å². The van der Waals surface area contributed by atoms with E-state index in [4.69, 9.17) is 14.2 Å². The monoisotopic (exact) mass is 597 g/mol. The molecule has 0 radical (unpaired) electrons. The third-order valence-electron chi connectivity index (χ3n) is 7.16. The zero-order valence-electron chi connectivity index (χ0n) is 24.5. The van der Waals surface area contributed by atoms with Gasteiger partial charge in [-0.3, -0.25) is 14.9 Å². The second-order valence-corrected chi connectivity index (χ2v) is 10.8. The lowest BCUT2D eigenvalue weighted by molar-refractivity contribution is -0.124. The number of carbonyl (C=O) groups is 2. The van der Waals surface area contributed by atoms with Crippen LogP contribution >= 0.6 is 11.3 Å². The molecule has 2 aromatic heterocycles. The van der Waals surface area contributed by atoms with Crippen LogP contribution in [0.4, 0.5) is 5.13 Å². The Kier molecular flexibility index (Phi) is 8.58. The van der Waals surface area contributed by atoms with E-state index >= 15 is 0 Å². The summed E-state index contributed by atoms with van der Waals surface area (Å²) in [6.45, 7) is 3.72. The Morgan fingerprint density at radius 3 is 2.30 bits per heavy atom. The topological polar surface area (TPSA) is 109 Å². The molecule has 5 rings (SSSR count). The van der Waals surface area contributed by atoms with Crippen LogP contribution in [0.3, 0.4) is 0 Å². The molecular weight excluding hydrogens is 566 g/mol. The number of benzene rings is 3. The third kappa shape index (κ3) is 5.87. The minimum atomic E-state index is -1.12. The highest BCUT2D eigenvalue weighted by Gasteiger charge is 2.28. The van der Waals surface area contributed by atoms with Crippen LogP contribution < -0.4 is 20.3 Å². The summed E-state index contributed by atoms with van der Waals surface area (Å²) in [6.07, 6.45) is -0.902. The average molecular weight is 598 g/mol. The number of carbonyl (C=O) groups excluding carboxylic acids is 2. The lowest BCUT2D eigenvalue weighted by Crippen LogP contribution is -2.34. The van der Waals surface area contributed by atoms with Crippen LogP contribution in [0.15, 0.2) is 76.9 Å². The largest absolute Gasteiger partial charge is 0.493 e. The van der Waals surface area contributed by atoms with Crippen molar-refractivity contribution in [1.82, 2.24) is 9.55 Å². The van der Waals surface area contributed by atoms with Gasteiger partial charge >= 0.3 is 5.97 Å². The van der Waals surface area contributed by atoms with Crippen molar-refractivity contribution in [3.05, 3.63) is 93.7 Å². The van der Waals surface area contributed by atoms with Gasteiger partial charge in [0.1, 0.15) is 5.69 Å². The first kappa shape index (κ1) is 29.5. The van der Waals surface area contributed by atoms with Crippen LogP contribution in [0.1, 0.15) is 29.4 Å². The van der Waals surface area contributed by atoms with Gasteiger partial charge in [0.15, 0.2) is 22.7 Å². The number of nitrogens with one attached hydrogen (secondary N) is 1. The highest BCUT2D eigenvalue weighted by atomic mass is 32.1. The molecule has 1 amide bonds. The van der Waals surface area contributed by atoms with Crippen LogP contribution in [0.25, 0.3) is 33.2 Å². The number of fused-ring (bicyclic) bond motifs is 1. The van der Waals surface area contributed by atoms with Crippen LogP contribution in [0, 0.1) is 6.92 Å². The highest BCUT2D eigenvalue weighted by molar-refractivity contribution is 7.14. The fourth-order valence-corrected chi connectivity index (χ4v) is 5.59.